The normalized spacial score (nSPS) is 10.4. The number of hydrogen-bond donors (Lipinski definition) is 1. The predicted octanol–water partition coefficient (Wildman–Crippen LogP) is 4.26. The third-order valence-corrected chi connectivity index (χ3v) is 3.13. The highest BCUT2D eigenvalue weighted by Gasteiger charge is 2.09. The molecule has 0 aliphatic heterocycles. The molecule has 0 amide bonds. The molecule has 0 spiro atoms. The Labute approximate surface area is 125 Å². The van der Waals surface area contributed by atoms with E-state index in [4.69, 9.17) is 4.74 Å². The van der Waals surface area contributed by atoms with Crippen LogP contribution >= 0.6 is 15.9 Å². The largest absolute Gasteiger partial charge is 0.466 e. The Bertz CT molecular complexity index is 432. The van der Waals surface area contributed by atoms with Crippen LogP contribution in [0, 0.1) is 11.6 Å². The van der Waals surface area contributed by atoms with Gasteiger partial charge in [0.05, 0.1) is 6.61 Å². The number of hydrogen-bond acceptors (Lipinski definition) is 3. The Morgan fingerprint density at radius 2 is 1.90 bits per heavy atom. The maximum Gasteiger partial charge on any atom is 0.305 e. The summed E-state index contributed by atoms with van der Waals surface area (Å²) in [6.45, 7) is 2.62. The first-order chi connectivity index (χ1) is 9.54. The minimum Gasteiger partial charge on any atom is -0.466 e. The molecule has 0 atom stereocenters. The molecule has 0 aliphatic rings. The zero-order chi connectivity index (χ0) is 15.0. The molecule has 0 radical (unpaired) electrons. The van der Waals surface area contributed by atoms with Gasteiger partial charge in [-0.1, -0.05) is 22.4 Å². The molecule has 0 aliphatic carbocycles. The Morgan fingerprint density at radius 1 is 1.25 bits per heavy atom. The molecule has 6 heteroatoms. The summed E-state index contributed by atoms with van der Waals surface area (Å²) in [4.78, 5) is 11.1. The van der Waals surface area contributed by atoms with Crippen molar-refractivity contribution in [2.24, 2.45) is 0 Å². The van der Waals surface area contributed by atoms with Crippen LogP contribution in [0.4, 0.5) is 14.5 Å². The number of esters is 1. The van der Waals surface area contributed by atoms with Crippen LogP contribution in [0.25, 0.3) is 0 Å². The number of benzene rings is 1. The Hall–Kier alpha value is -1.17. The van der Waals surface area contributed by atoms with Gasteiger partial charge in [-0.05, 0) is 31.9 Å². The number of nitrogens with one attached hydrogen (secondary N) is 1. The van der Waals surface area contributed by atoms with Crippen LogP contribution in [0.5, 0.6) is 0 Å². The minimum absolute atomic E-state index is 0.112. The average Bonchev–Trinajstić information content (AvgIpc) is 2.36. The molecule has 1 aromatic rings. The molecule has 20 heavy (non-hydrogen) atoms. The van der Waals surface area contributed by atoms with E-state index in [-0.39, 0.29) is 11.7 Å². The quantitative estimate of drug-likeness (QED) is 0.562. The number of carbonyl (C=O) groups is 1. The van der Waals surface area contributed by atoms with Crippen LogP contribution in [-0.4, -0.2) is 19.1 Å². The summed E-state index contributed by atoms with van der Waals surface area (Å²) in [6, 6.07) is 2.43. The van der Waals surface area contributed by atoms with Crippen LogP contribution in [-0.2, 0) is 9.53 Å². The fraction of sp³-hybridized carbons (Fsp3) is 0.500. The molecule has 1 aromatic carbocycles. The number of ether oxygens (including phenoxy) is 1. The second-order valence-electron chi connectivity index (χ2n) is 4.29. The van der Waals surface area contributed by atoms with Crippen molar-refractivity contribution in [2.75, 3.05) is 18.5 Å². The van der Waals surface area contributed by atoms with Gasteiger partial charge in [-0.15, -0.1) is 0 Å². The standard InChI is InChI=1S/C14H18BrF2NO2/c1-2-20-13(19)6-4-3-5-7-18-14-11(16)8-10(15)9-12(14)17/h8-9,18H,2-7H2,1H3. The molecule has 0 aromatic heterocycles. The molecule has 0 saturated heterocycles. The second kappa shape index (κ2) is 8.89. The van der Waals surface area contributed by atoms with Crippen molar-refractivity contribution in [3.05, 3.63) is 28.2 Å². The van der Waals surface area contributed by atoms with Crippen molar-refractivity contribution in [1.29, 1.82) is 0 Å². The van der Waals surface area contributed by atoms with Crippen LogP contribution in [0.1, 0.15) is 32.6 Å². The van der Waals surface area contributed by atoms with E-state index in [1.54, 1.807) is 6.92 Å². The van der Waals surface area contributed by atoms with Gasteiger partial charge in [0, 0.05) is 17.4 Å². The third-order valence-electron chi connectivity index (χ3n) is 2.67. The average molecular weight is 350 g/mol. The Kier molecular flexibility index (Phi) is 7.51. The van der Waals surface area contributed by atoms with E-state index in [1.165, 1.54) is 12.1 Å². The highest BCUT2D eigenvalue weighted by Crippen LogP contribution is 2.23. The molecule has 0 bridgehead atoms. The van der Waals surface area contributed by atoms with Crippen molar-refractivity contribution in [3.63, 3.8) is 0 Å². The fourth-order valence-electron chi connectivity index (χ4n) is 1.73. The Balaban J connectivity index is 2.23. The number of anilines is 1. The maximum absolute atomic E-state index is 13.5. The molecule has 0 heterocycles. The lowest BCUT2D eigenvalue weighted by molar-refractivity contribution is -0.143. The summed E-state index contributed by atoms with van der Waals surface area (Å²) >= 11 is 3.02. The van der Waals surface area contributed by atoms with Gasteiger partial charge in [-0.3, -0.25) is 4.79 Å². The van der Waals surface area contributed by atoms with Gasteiger partial charge in [0.2, 0.25) is 0 Å². The lowest BCUT2D eigenvalue weighted by Gasteiger charge is -2.09. The summed E-state index contributed by atoms with van der Waals surface area (Å²) in [5.74, 6) is -1.45. The minimum atomic E-state index is -0.622. The van der Waals surface area contributed by atoms with Crippen molar-refractivity contribution in [3.8, 4) is 0 Å². The van der Waals surface area contributed by atoms with Gasteiger partial charge in [0.15, 0.2) is 0 Å². The van der Waals surface area contributed by atoms with Gasteiger partial charge < -0.3 is 10.1 Å². The van der Waals surface area contributed by atoms with E-state index in [0.29, 0.717) is 30.5 Å². The van der Waals surface area contributed by atoms with Crippen molar-refractivity contribution < 1.29 is 18.3 Å². The monoisotopic (exact) mass is 349 g/mol. The van der Waals surface area contributed by atoms with Crippen molar-refractivity contribution >= 4 is 27.6 Å². The van der Waals surface area contributed by atoms with Crippen molar-refractivity contribution in [1.82, 2.24) is 0 Å². The van der Waals surface area contributed by atoms with E-state index < -0.39 is 11.6 Å². The first-order valence-electron chi connectivity index (χ1n) is 6.58. The molecule has 0 saturated carbocycles. The molecule has 1 rings (SSSR count). The Morgan fingerprint density at radius 3 is 2.50 bits per heavy atom. The van der Waals surface area contributed by atoms with Gasteiger partial charge in [-0.2, -0.15) is 0 Å². The van der Waals surface area contributed by atoms with Gasteiger partial charge >= 0.3 is 5.97 Å². The zero-order valence-corrected chi connectivity index (χ0v) is 12.9. The third kappa shape index (κ3) is 5.86. The van der Waals surface area contributed by atoms with E-state index in [2.05, 4.69) is 21.2 Å². The SMILES string of the molecule is CCOC(=O)CCCCCNc1c(F)cc(Br)cc1F. The van der Waals surface area contributed by atoms with Crippen molar-refractivity contribution in [2.45, 2.75) is 32.6 Å². The molecule has 3 nitrogen and oxygen atoms in total. The zero-order valence-electron chi connectivity index (χ0n) is 11.3. The predicted molar refractivity (Wildman–Crippen MR) is 77.6 cm³/mol. The molecule has 1 N–H and O–H groups in total. The number of halogens is 3. The van der Waals surface area contributed by atoms with Gasteiger partial charge in [0.25, 0.3) is 0 Å². The first kappa shape index (κ1) is 16.9. The van der Waals surface area contributed by atoms with E-state index in [1.807, 2.05) is 0 Å². The summed E-state index contributed by atoms with van der Waals surface area (Å²) in [7, 11) is 0. The van der Waals surface area contributed by atoms with Crippen LogP contribution < -0.4 is 5.32 Å². The smallest absolute Gasteiger partial charge is 0.305 e. The maximum atomic E-state index is 13.5. The summed E-state index contributed by atoms with van der Waals surface area (Å²) in [5, 5.41) is 2.73. The van der Waals surface area contributed by atoms with E-state index >= 15 is 0 Å². The van der Waals surface area contributed by atoms with Crippen LogP contribution in [0.2, 0.25) is 0 Å². The molecular weight excluding hydrogens is 332 g/mol. The molecule has 0 unspecified atom stereocenters. The second-order valence-corrected chi connectivity index (χ2v) is 5.20. The van der Waals surface area contributed by atoms with E-state index in [0.717, 1.165) is 12.8 Å². The van der Waals surface area contributed by atoms with Gasteiger partial charge in [0.1, 0.15) is 17.3 Å². The topological polar surface area (TPSA) is 38.3 Å². The number of rotatable bonds is 8. The first-order valence-corrected chi connectivity index (χ1v) is 7.38. The highest BCUT2D eigenvalue weighted by atomic mass is 79.9. The van der Waals surface area contributed by atoms with Crippen LogP contribution in [0.3, 0.4) is 0 Å². The lowest BCUT2D eigenvalue weighted by Crippen LogP contribution is -2.07. The fourth-order valence-corrected chi connectivity index (χ4v) is 2.13. The number of unbranched alkanes of at least 4 members (excludes halogenated alkanes) is 2. The summed E-state index contributed by atoms with van der Waals surface area (Å²) in [6.07, 6.45) is 2.63. The van der Waals surface area contributed by atoms with Crippen LogP contribution in [0.15, 0.2) is 16.6 Å². The molecule has 112 valence electrons. The lowest BCUT2D eigenvalue weighted by atomic mass is 10.2. The summed E-state index contributed by atoms with van der Waals surface area (Å²) < 4.78 is 32.1. The molecular formula is C14H18BrF2NO2. The highest BCUT2D eigenvalue weighted by molar-refractivity contribution is 9.10. The summed E-state index contributed by atoms with van der Waals surface area (Å²) in [5.41, 5.74) is -0.112. The van der Waals surface area contributed by atoms with E-state index in [9.17, 15) is 13.6 Å². The van der Waals surface area contributed by atoms with Gasteiger partial charge in [-0.25, -0.2) is 8.78 Å². The number of carbonyl (C=O) groups excluding carboxylic acids is 1. The molecule has 0 fully saturated rings.